The highest BCUT2D eigenvalue weighted by Crippen LogP contribution is 1.95. The van der Waals surface area contributed by atoms with Crippen LogP contribution in [-0.2, 0) is 10.8 Å². The van der Waals surface area contributed by atoms with Crippen LogP contribution in [0.4, 0.5) is 0 Å². The van der Waals surface area contributed by atoms with Gasteiger partial charge in [-0.05, 0) is 25.5 Å². The molecule has 2 nitrogen and oxygen atoms in total. The number of benzene rings is 1. The van der Waals surface area contributed by atoms with Crippen molar-refractivity contribution in [1.29, 1.82) is 0 Å². The smallest absolute Gasteiger partial charge is 0.0582 e. The zero-order valence-electron chi connectivity index (χ0n) is 10.4. The maximum Gasteiger partial charge on any atom is 0.0582 e. The van der Waals surface area contributed by atoms with E-state index < -0.39 is 10.8 Å². The fourth-order valence-corrected chi connectivity index (χ4v) is 2.02. The summed E-state index contributed by atoms with van der Waals surface area (Å²) in [7, 11) is -0.699. The number of hydrogen-bond donors (Lipinski definition) is 1. The van der Waals surface area contributed by atoms with E-state index in [9.17, 15) is 4.21 Å². The van der Waals surface area contributed by atoms with Gasteiger partial charge in [-0.2, -0.15) is 0 Å². The Morgan fingerprint density at radius 2 is 2.06 bits per heavy atom. The highest BCUT2D eigenvalue weighted by atomic mass is 32.2. The van der Waals surface area contributed by atoms with Crippen molar-refractivity contribution in [2.45, 2.75) is 19.4 Å². The van der Waals surface area contributed by atoms with Gasteiger partial charge in [-0.25, -0.2) is 0 Å². The van der Waals surface area contributed by atoms with E-state index in [1.165, 1.54) is 0 Å². The molecule has 1 N–H and O–H groups in total. The second-order valence-corrected chi connectivity index (χ2v) is 5.57. The SMILES string of the molecule is CC(CCS(C)=O)NCC#Cc1ccccc1. The summed E-state index contributed by atoms with van der Waals surface area (Å²) in [6, 6.07) is 10.3. The minimum Gasteiger partial charge on any atom is -0.304 e. The normalized spacial score (nSPS) is 13.5. The summed E-state index contributed by atoms with van der Waals surface area (Å²) < 4.78 is 10.9. The lowest BCUT2D eigenvalue weighted by atomic mass is 10.2. The van der Waals surface area contributed by atoms with Crippen molar-refractivity contribution in [3.63, 3.8) is 0 Å². The average molecular weight is 249 g/mol. The van der Waals surface area contributed by atoms with Crippen LogP contribution in [-0.4, -0.2) is 28.8 Å². The summed E-state index contributed by atoms with van der Waals surface area (Å²) in [5, 5.41) is 3.30. The van der Waals surface area contributed by atoms with Crippen molar-refractivity contribution >= 4 is 10.8 Å². The zero-order valence-corrected chi connectivity index (χ0v) is 11.2. The molecule has 0 amide bonds. The molecule has 0 radical (unpaired) electrons. The van der Waals surface area contributed by atoms with Crippen molar-refractivity contribution in [1.82, 2.24) is 5.32 Å². The highest BCUT2D eigenvalue weighted by molar-refractivity contribution is 7.84. The third kappa shape index (κ3) is 6.93. The Morgan fingerprint density at radius 1 is 1.35 bits per heavy atom. The maximum absolute atomic E-state index is 10.9. The molecule has 0 bridgehead atoms. The summed E-state index contributed by atoms with van der Waals surface area (Å²) in [5.74, 6) is 6.93. The largest absolute Gasteiger partial charge is 0.304 e. The van der Waals surface area contributed by atoms with Crippen molar-refractivity contribution in [3.05, 3.63) is 35.9 Å². The van der Waals surface area contributed by atoms with Gasteiger partial charge < -0.3 is 5.32 Å². The molecule has 0 aliphatic carbocycles. The Kier molecular flexibility index (Phi) is 6.61. The van der Waals surface area contributed by atoms with Crippen LogP contribution in [0.2, 0.25) is 0 Å². The molecule has 0 fully saturated rings. The van der Waals surface area contributed by atoms with Crippen LogP contribution < -0.4 is 5.32 Å². The molecule has 2 unspecified atom stereocenters. The van der Waals surface area contributed by atoms with E-state index in [1.54, 1.807) is 6.26 Å². The summed E-state index contributed by atoms with van der Waals surface area (Å²) in [5.41, 5.74) is 1.04. The molecular weight excluding hydrogens is 230 g/mol. The molecule has 3 heteroatoms. The highest BCUT2D eigenvalue weighted by Gasteiger charge is 2.00. The lowest BCUT2D eigenvalue weighted by Crippen LogP contribution is -2.27. The van der Waals surface area contributed by atoms with Gasteiger partial charge >= 0.3 is 0 Å². The molecule has 0 aliphatic rings. The quantitative estimate of drug-likeness (QED) is 0.806. The second kappa shape index (κ2) is 8.05. The second-order valence-electron chi connectivity index (χ2n) is 4.02. The number of rotatable bonds is 5. The molecule has 17 heavy (non-hydrogen) atoms. The van der Waals surface area contributed by atoms with Crippen molar-refractivity contribution < 1.29 is 4.21 Å². The summed E-state index contributed by atoms with van der Waals surface area (Å²) in [4.78, 5) is 0. The van der Waals surface area contributed by atoms with Crippen LogP contribution in [0.1, 0.15) is 18.9 Å². The molecule has 1 aromatic carbocycles. The lowest BCUT2D eigenvalue weighted by Gasteiger charge is -2.09. The van der Waals surface area contributed by atoms with Gasteiger partial charge in [0.2, 0.25) is 0 Å². The third-order valence-electron chi connectivity index (χ3n) is 2.38. The number of hydrogen-bond acceptors (Lipinski definition) is 2. The van der Waals surface area contributed by atoms with Crippen LogP contribution in [0.3, 0.4) is 0 Å². The van der Waals surface area contributed by atoms with Gasteiger partial charge in [0, 0.05) is 34.4 Å². The lowest BCUT2D eigenvalue weighted by molar-refractivity contribution is 0.571. The fraction of sp³-hybridized carbons (Fsp3) is 0.429. The Labute approximate surface area is 106 Å². The first-order chi connectivity index (χ1) is 8.18. The molecule has 0 saturated carbocycles. The molecular formula is C14H19NOS. The van der Waals surface area contributed by atoms with Gasteiger partial charge in [-0.3, -0.25) is 4.21 Å². The van der Waals surface area contributed by atoms with Crippen LogP contribution in [0.25, 0.3) is 0 Å². The van der Waals surface area contributed by atoms with Crippen molar-refractivity contribution in [2.24, 2.45) is 0 Å². The Morgan fingerprint density at radius 3 is 2.71 bits per heavy atom. The van der Waals surface area contributed by atoms with Crippen LogP contribution in [0.15, 0.2) is 30.3 Å². The maximum atomic E-state index is 10.9. The first kappa shape index (κ1) is 14.0. The van der Waals surface area contributed by atoms with E-state index >= 15 is 0 Å². The van der Waals surface area contributed by atoms with E-state index in [1.807, 2.05) is 30.3 Å². The van der Waals surface area contributed by atoms with Gasteiger partial charge in [-0.1, -0.05) is 30.0 Å². The molecule has 2 atom stereocenters. The first-order valence-electron chi connectivity index (χ1n) is 5.76. The van der Waals surface area contributed by atoms with E-state index in [0.717, 1.165) is 17.7 Å². The van der Waals surface area contributed by atoms with Crippen molar-refractivity contribution in [2.75, 3.05) is 18.6 Å². The Hall–Kier alpha value is -1.11. The van der Waals surface area contributed by atoms with Crippen LogP contribution in [0.5, 0.6) is 0 Å². The Bertz CT molecular complexity index is 405. The molecule has 0 aromatic heterocycles. The molecule has 1 aromatic rings. The molecule has 0 aliphatic heterocycles. The van der Waals surface area contributed by atoms with Gasteiger partial charge in [0.1, 0.15) is 0 Å². The zero-order chi connectivity index (χ0) is 12.5. The minimum absolute atomic E-state index is 0.365. The fourth-order valence-electron chi connectivity index (χ4n) is 1.34. The molecule has 92 valence electrons. The van der Waals surface area contributed by atoms with E-state index in [-0.39, 0.29) is 0 Å². The molecule has 0 spiro atoms. The molecule has 0 heterocycles. The van der Waals surface area contributed by atoms with E-state index in [4.69, 9.17) is 0 Å². The number of nitrogens with one attached hydrogen (secondary N) is 1. The summed E-state index contributed by atoms with van der Waals surface area (Å²) >= 11 is 0. The molecule has 1 rings (SSSR count). The van der Waals surface area contributed by atoms with Crippen molar-refractivity contribution in [3.8, 4) is 11.8 Å². The predicted molar refractivity (Wildman–Crippen MR) is 74.3 cm³/mol. The van der Waals surface area contributed by atoms with Gasteiger partial charge in [0.25, 0.3) is 0 Å². The first-order valence-corrected chi connectivity index (χ1v) is 7.48. The minimum atomic E-state index is -0.699. The van der Waals surface area contributed by atoms with Crippen LogP contribution in [0, 0.1) is 11.8 Å². The molecule has 0 saturated heterocycles. The van der Waals surface area contributed by atoms with Gasteiger partial charge in [0.05, 0.1) is 6.54 Å². The predicted octanol–water partition coefficient (Wildman–Crippen LogP) is 1.78. The topological polar surface area (TPSA) is 29.1 Å². The summed E-state index contributed by atoms with van der Waals surface area (Å²) in [6.07, 6.45) is 2.66. The third-order valence-corrected chi connectivity index (χ3v) is 3.19. The Balaban J connectivity index is 2.24. The van der Waals surface area contributed by atoms with Gasteiger partial charge in [-0.15, -0.1) is 0 Å². The van der Waals surface area contributed by atoms with E-state index in [2.05, 4.69) is 24.1 Å². The van der Waals surface area contributed by atoms with Crippen LogP contribution >= 0.6 is 0 Å². The monoisotopic (exact) mass is 249 g/mol. The standard InChI is InChI=1S/C14H19NOS/c1-13(10-12-17(2)16)15-11-6-9-14-7-4-3-5-8-14/h3-5,7-8,13,15H,10-12H2,1-2H3. The average Bonchev–Trinajstić information content (AvgIpc) is 2.33. The van der Waals surface area contributed by atoms with Gasteiger partial charge in [0.15, 0.2) is 0 Å². The van der Waals surface area contributed by atoms with E-state index in [0.29, 0.717) is 12.6 Å². The summed E-state index contributed by atoms with van der Waals surface area (Å²) in [6.45, 7) is 2.77.